The van der Waals surface area contributed by atoms with Crippen molar-refractivity contribution in [2.24, 2.45) is 0 Å². The molecule has 0 aliphatic heterocycles. The van der Waals surface area contributed by atoms with E-state index in [9.17, 15) is 18.4 Å². The van der Waals surface area contributed by atoms with E-state index in [1.807, 2.05) is 0 Å². The second-order valence-electron chi connectivity index (χ2n) is 5.21. The van der Waals surface area contributed by atoms with Crippen LogP contribution in [0.15, 0.2) is 48.5 Å². The van der Waals surface area contributed by atoms with Crippen LogP contribution < -0.4 is 10.1 Å². The first-order valence-corrected chi connectivity index (χ1v) is 7.44. The molecule has 7 heteroatoms. The topological polar surface area (TPSA) is 64.6 Å². The lowest BCUT2D eigenvalue weighted by atomic mass is 10.1. The number of methoxy groups -OCH3 is 1. The predicted octanol–water partition coefficient (Wildman–Crippen LogP) is 3.57. The van der Waals surface area contributed by atoms with Crippen LogP contribution in [0, 0.1) is 0 Å². The molecule has 0 fully saturated rings. The standard InChI is InChI=1S/C18H17F2NO4/c1-11(12-7-9-15(10-8-12)25-18(19)20)21-16(22)13-3-5-14(6-4-13)17(23)24-2/h3-11,18H,1-2H3,(H,21,22). The van der Waals surface area contributed by atoms with Crippen molar-refractivity contribution in [1.29, 1.82) is 0 Å². The van der Waals surface area contributed by atoms with Crippen LogP contribution in [0.3, 0.4) is 0 Å². The highest BCUT2D eigenvalue weighted by atomic mass is 19.3. The molecule has 1 N–H and O–H groups in total. The molecule has 132 valence electrons. The molecule has 1 amide bonds. The third-order valence-electron chi connectivity index (χ3n) is 3.52. The lowest BCUT2D eigenvalue weighted by Gasteiger charge is -2.15. The number of rotatable bonds is 6. The zero-order valence-corrected chi connectivity index (χ0v) is 13.7. The summed E-state index contributed by atoms with van der Waals surface area (Å²) in [4.78, 5) is 23.6. The number of hydrogen-bond acceptors (Lipinski definition) is 4. The average molecular weight is 349 g/mol. The van der Waals surface area contributed by atoms with Crippen LogP contribution >= 0.6 is 0 Å². The predicted molar refractivity (Wildman–Crippen MR) is 86.7 cm³/mol. The fourth-order valence-corrected chi connectivity index (χ4v) is 2.18. The van der Waals surface area contributed by atoms with Crippen molar-refractivity contribution in [2.45, 2.75) is 19.6 Å². The van der Waals surface area contributed by atoms with Crippen LogP contribution in [0.1, 0.15) is 39.2 Å². The number of carbonyl (C=O) groups excluding carboxylic acids is 2. The van der Waals surface area contributed by atoms with E-state index in [1.54, 1.807) is 19.1 Å². The number of ether oxygens (including phenoxy) is 2. The van der Waals surface area contributed by atoms with E-state index in [0.29, 0.717) is 11.1 Å². The van der Waals surface area contributed by atoms with Crippen LogP contribution in [0.4, 0.5) is 8.78 Å². The molecule has 0 saturated heterocycles. The smallest absolute Gasteiger partial charge is 0.387 e. The Morgan fingerprint density at radius 2 is 1.52 bits per heavy atom. The summed E-state index contributed by atoms with van der Waals surface area (Å²) in [5, 5.41) is 2.79. The van der Waals surface area contributed by atoms with Gasteiger partial charge in [0.2, 0.25) is 0 Å². The summed E-state index contributed by atoms with van der Waals surface area (Å²) in [7, 11) is 1.28. The molecule has 0 bridgehead atoms. The number of benzene rings is 2. The second kappa shape index (κ2) is 8.23. The summed E-state index contributed by atoms with van der Waals surface area (Å²) in [6, 6.07) is 11.7. The third-order valence-corrected chi connectivity index (χ3v) is 3.52. The first kappa shape index (κ1) is 18.4. The summed E-state index contributed by atoms with van der Waals surface area (Å²) < 4.78 is 33.1. The van der Waals surface area contributed by atoms with Gasteiger partial charge >= 0.3 is 12.6 Å². The zero-order valence-electron chi connectivity index (χ0n) is 13.7. The number of esters is 1. The highest BCUT2D eigenvalue weighted by Crippen LogP contribution is 2.19. The molecule has 25 heavy (non-hydrogen) atoms. The van der Waals surface area contributed by atoms with E-state index in [0.717, 1.165) is 5.56 Å². The minimum absolute atomic E-state index is 0.0516. The molecule has 0 aliphatic rings. The van der Waals surface area contributed by atoms with E-state index in [2.05, 4.69) is 14.8 Å². The van der Waals surface area contributed by atoms with Gasteiger partial charge in [0.25, 0.3) is 5.91 Å². The second-order valence-corrected chi connectivity index (χ2v) is 5.21. The Hall–Kier alpha value is -2.96. The van der Waals surface area contributed by atoms with Crippen LogP contribution in [0.5, 0.6) is 5.75 Å². The third kappa shape index (κ3) is 5.00. The molecule has 2 rings (SSSR count). The lowest BCUT2D eigenvalue weighted by molar-refractivity contribution is -0.0498. The summed E-state index contributed by atoms with van der Waals surface area (Å²) in [6.45, 7) is -1.11. The zero-order chi connectivity index (χ0) is 18.4. The fourth-order valence-electron chi connectivity index (χ4n) is 2.18. The molecule has 0 aliphatic carbocycles. The van der Waals surface area contributed by atoms with Gasteiger partial charge in [-0.1, -0.05) is 12.1 Å². The largest absolute Gasteiger partial charge is 0.465 e. The first-order chi connectivity index (χ1) is 11.9. The highest BCUT2D eigenvalue weighted by molar-refractivity contribution is 5.96. The molecule has 1 atom stereocenters. The van der Waals surface area contributed by atoms with Crippen LogP contribution in [0.2, 0.25) is 0 Å². The molecule has 5 nitrogen and oxygen atoms in total. The fraction of sp³-hybridized carbons (Fsp3) is 0.222. The number of carbonyl (C=O) groups is 2. The van der Waals surface area contributed by atoms with Gasteiger partial charge in [-0.05, 0) is 48.9 Å². The number of halogens is 2. The van der Waals surface area contributed by atoms with Crippen molar-refractivity contribution in [1.82, 2.24) is 5.32 Å². The first-order valence-electron chi connectivity index (χ1n) is 7.44. The number of amides is 1. The van der Waals surface area contributed by atoms with Gasteiger partial charge in [0.05, 0.1) is 18.7 Å². The van der Waals surface area contributed by atoms with Crippen LogP contribution in [0.25, 0.3) is 0 Å². The van der Waals surface area contributed by atoms with Gasteiger partial charge in [0.15, 0.2) is 0 Å². The van der Waals surface area contributed by atoms with Gasteiger partial charge in [-0.3, -0.25) is 4.79 Å². The van der Waals surface area contributed by atoms with E-state index < -0.39 is 12.6 Å². The Morgan fingerprint density at radius 1 is 0.960 bits per heavy atom. The van der Waals surface area contributed by atoms with Gasteiger partial charge < -0.3 is 14.8 Å². The Labute approximate surface area is 143 Å². The Bertz CT molecular complexity index is 730. The molecular weight excluding hydrogens is 332 g/mol. The van der Waals surface area contributed by atoms with Crippen LogP contribution in [-0.2, 0) is 4.74 Å². The van der Waals surface area contributed by atoms with E-state index in [-0.39, 0.29) is 17.7 Å². The van der Waals surface area contributed by atoms with Gasteiger partial charge in [-0.25, -0.2) is 4.79 Å². The lowest BCUT2D eigenvalue weighted by Crippen LogP contribution is -2.26. The maximum absolute atomic E-state index is 12.2. The average Bonchev–Trinajstić information content (AvgIpc) is 2.61. The van der Waals surface area contributed by atoms with Crippen LogP contribution in [-0.4, -0.2) is 25.6 Å². The Balaban J connectivity index is 2.00. The summed E-state index contributed by atoms with van der Waals surface area (Å²) in [5.41, 5.74) is 1.47. The highest BCUT2D eigenvalue weighted by Gasteiger charge is 2.13. The molecule has 0 spiro atoms. The molecule has 0 radical (unpaired) electrons. The number of hydrogen-bond donors (Lipinski definition) is 1. The van der Waals surface area contributed by atoms with Crippen molar-refractivity contribution < 1.29 is 27.8 Å². The Kier molecular flexibility index (Phi) is 6.05. The van der Waals surface area contributed by atoms with E-state index >= 15 is 0 Å². The molecule has 2 aromatic rings. The van der Waals surface area contributed by atoms with Crippen molar-refractivity contribution in [3.63, 3.8) is 0 Å². The van der Waals surface area contributed by atoms with Gasteiger partial charge in [0, 0.05) is 5.56 Å². The normalized spacial score (nSPS) is 11.7. The number of alkyl halides is 2. The van der Waals surface area contributed by atoms with Gasteiger partial charge in [-0.15, -0.1) is 0 Å². The minimum Gasteiger partial charge on any atom is -0.465 e. The van der Waals surface area contributed by atoms with Crippen molar-refractivity contribution in [3.8, 4) is 5.75 Å². The van der Waals surface area contributed by atoms with Gasteiger partial charge in [0.1, 0.15) is 5.75 Å². The monoisotopic (exact) mass is 349 g/mol. The molecule has 1 unspecified atom stereocenters. The van der Waals surface area contributed by atoms with E-state index in [4.69, 9.17) is 0 Å². The maximum atomic E-state index is 12.2. The maximum Gasteiger partial charge on any atom is 0.387 e. The molecule has 0 aromatic heterocycles. The molecule has 2 aromatic carbocycles. The molecule has 0 saturated carbocycles. The van der Waals surface area contributed by atoms with Crippen molar-refractivity contribution in [3.05, 3.63) is 65.2 Å². The SMILES string of the molecule is COC(=O)c1ccc(C(=O)NC(C)c2ccc(OC(F)F)cc2)cc1. The quantitative estimate of drug-likeness (QED) is 0.810. The van der Waals surface area contributed by atoms with E-state index in [1.165, 1.54) is 43.5 Å². The summed E-state index contributed by atoms with van der Waals surface area (Å²) >= 11 is 0. The summed E-state index contributed by atoms with van der Waals surface area (Å²) in [6.07, 6.45) is 0. The Morgan fingerprint density at radius 3 is 2.04 bits per heavy atom. The van der Waals surface area contributed by atoms with Crippen molar-refractivity contribution >= 4 is 11.9 Å². The van der Waals surface area contributed by atoms with Gasteiger partial charge in [-0.2, -0.15) is 8.78 Å². The number of nitrogens with one attached hydrogen (secondary N) is 1. The van der Waals surface area contributed by atoms with Crippen molar-refractivity contribution in [2.75, 3.05) is 7.11 Å². The summed E-state index contributed by atoms with van der Waals surface area (Å²) in [5.74, 6) is -0.751. The molecular formula is C18H17F2NO4. The minimum atomic E-state index is -2.88. The molecule has 0 heterocycles.